The molecule has 0 atom stereocenters. The van der Waals surface area contributed by atoms with Gasteiger partial charge in [-0.25, -0.2) is 9.97 Å². The zero-order valence-corrected chi connectivity index (χ0v) is 19.7. The number of thiazole rings is 1. The number of benzene rings is 1. The van der Waals surface area contributed by atoms with Crippen LogP contribution in [0.15, 0.2) is 55.4 Å². The molecule has 0 saturated carbocycles. The summed E-state index contributed by atoms with van der Waals surface area (Å²) in [5.74, 6) is 0.179. The van der Waals surface area contributed by atoms with Gasteiger partial charge in [-0.05, 0) is 43.9 Å². The molecule has 0 saturated heterocycles. The van der Waals surface area contributed by atoms with E-state index in [2.05, 4.69) is 18.5 Å². The second-order valence-corrected chi connectivity index (χ2v) is 9.28. The average Bonchev–Trinajstić information content (AvgIpc) is 3.41. The van der Waals surface area contributed by atoms with Gasteiger partial charge >= 0.3 is 6.18 Å². The minimum atomic E-state index is -4.36. The Bertz CT molecular complexity index is 1290. The van der Waals surface area contributed by atoms with Crippen LogP contribution in [0, 0.1) is 0 Å². The van der Waals surface area contributed by atoms with Crippen molar-refractivity contribution in [3.05, 3.63) is 77.1 Å². The van der Waals surface area contributed by atoms with Gasteiger partial charge < -0.3 is 9.67 Å². The number of aryl methyl sites for hydroxylation is 2. The second kappa shape index (κ2) is 10.0. The number of pyridine rings is 1. The Morgan fingerprint density at radius 1 is 1.15 bits per heavy atom. The van der Waals surface area contributed by atoms with Crippen molar-refractivity contribution in [2.75, 3.05) is 0 Å². The molecule has 0 unspecified atom stereocenters. The standard InChI is InChI=1S/C26H26F3N3OS/c1-3-5-7-19-20-13-14-32(24(20)30-15-22(19)33)16-23-21(8-6-4-2)31-25(34-23)17-9-11-18(12-10-17)26(27,28)29/h3,9-15,33H,1,4-8,16H2,2H3. The molecular formula is C26H26F3N3OS. The number of halogens is 3. The fraction of sp³-hybridized carbons (Fsp3) is 0.308. The first kappa shape index (κ1) is 24.0. The molecule has 0 aliphatic carbocycles. The monoisotopic (exact) mass is 485 g/mol. The number of fused-ring (bicyclic) bond motifs is 1. The van der Waals surface area contributed by atoms with Gasteiger partial charge in [0.2, 0.25) is 0 Å². The first-order valence-corrected chi connectivity index (χ1v) is 12.1. The van der Waals surface area contributed by atoms with Crippen LogP contribution >= 0.6 is 11.3 Å². The molecule has 0 bridgehead atoms. The fourth-order valence-corrected chi connectivity index (χ4v) is 5.06. The van der Waals surface area contributed by atoms with Crippen molar-refractivity contribution in [1.29, 1.82) is 0 Å². The number of hydrogen-bond donors (Lipinski definition) is 1. The molecule has 1 aromatic carbocycles. The molecule has 1 N–H and O–H groups in total. The van der Waals surface area contributed by atoms with Crippen LogP contribution in [0.1, 0.15) is 47.9 Å². The van der Waals surface area contributed by atoms with E-state index < -0.39 is 11.7 Å². The lowest BCUT2D eigenvalue weighted by Gasteiger charge is -2.08. The van der Waals surface area contributed by atoms with Crippen LogP contribution in [-0.4, -0.2) is 19.6 Å². The normalized spacial score (nSPS) is 11.9. The van der Waals surface area contributed by atoms with E-state index in [9.17, 15) is 18.3 Å². The molecule has 0 aliphatic rings. The largest absolute Gasteiger partial charge is 0.506 e. The van der Waals surface area contributed by atoms with Crippen molar-refractivity contribution < 1.29 is 18.3 Å². The maximum Gasteiger partial charge on any atom is 0.416 e. The summed E-state index contributed by atoms with van der Waals surface area (Å²) in [6, 6.07) is 7.13. The average molecular weight is 486 g/mol. The Kier molecular flexibility index (Phi) is 7.07. The maximum absolute atomic E-state index is 12.9. The summed E-state index contributed by atoms with van der Waals surface area (Å²) < 4.78 is 40.9. The number of hydrogen-bond acceptors (Lipinski definition) is 4. The lowest BCUT2D eigenvalue weighted by atomic mass is 10.1. The molecule has 4 aromatic rings. The van der Waals surface area contributed by atoms with E-state index in [1.54, 1.807) is 0 Å². The van der Waals surface area contributed by atoms with Gasteiger partial charge in [0.1, 0.15) is 16.4 Å². The summed E-state index contributed by atoms with van der Waals surface area (Å²) in [6.45, 7) is 6.43. The van der Waals surface area contributed by atoms with Crippen molar-refractivity contribution in [3.63, 3.8) is 0 Å². The van der Waals surface area contributed by atoms with Gasteiger partial charge in [0.05, 0.1) is 24.0 Å². The van der Waals surface area contributed by atoms with E-state index >= 15 is 0 Å². The van der Waals surface area contributed by atoms with E-state index in [0.29, 0.717) is 23.5 Å². The summed E-state index contributed by atoms with van der Waals surface area (Å²) in [6.07, 6.45) is 5.14. The van der Waals surface area contributed by atoms with Crippen LogP contribution in [-0.2, 0) is 25.6 Å². The summed E-state index contributed by atoms with van der Waals surface area (Å²) in [5, 5.41) is 11.9. The van der Waals surface area contributed by atoms with Crippen LogP contribution in [0.2, 0.25) is 0 Å². The quantitative estimate of drug-likeness (QED) is 0.251. The van der Waals surface area contributed by atoms with E-state index in [-0.39, 0.29) is 5.75 Å². The molecule has 178 valence electrons. The molecule has 0 aliphatic heterocycles. The predicted octanol–water partition coefficient (Wildman–Crippen LogP) is 7.39. The van der Waals surface area contributed by atoms with Crippen molar-refractivity contribution in [2.45, 2.75) is 51.7 Å². The summed E-state index contributed by atoms with van der Waals surface area (Å²) in [7, 11) is 0. The molecule has 8 heteroatoms. The number of nitrogens with zero attached hydrogens (tertiary/aromatic N) is 3. The highest BCUT2D eigenvalue weighted by Gasteiger charge is 2.30. The molecule has 0 fully saturated rings. The number of unbranched alkanes of at least 4 members (excludes halogenated alkanes) is 1. The Morgan fingerprint density at radius 2 is 1.91 bits per heavy atom. The highest BCUT2D eigenvalue weighted by molar-refractivity contribution is 7.15. The van der Waals surface area contributed by atoms with E-state index in [1.807, 2.05) is 22.9 Å². The molecule has 0 spiro atoms. The van der Waals surface area contributed by atoms with Crippen LogP contribution < -0.4 is 0 Å². The molecule has 0 radical (unpaired) electrons. The molecule has 4 nitrogen and oxygen atoms in total. The number of aromatic nitrogens is 3. The number of alkyl halides is 3. The summed E-state index contributed by atoms with van der Waals surface area (Å²) in [4.78, 5) is 10.3. The number of aromatic hydroxyl groups is 1. The lowest BCUT2D eigenvalue weighted by Crippen LogP contribution is -2.03. The predicted molar refractivity (Wildman–Crippen MR) is 130 cm³/mol. The van der Waals surface area contributed by atoms with E-state index in [1.165, 1.54) is 29.7 Å². The highest BCUT2D eigenvalue weighted by atomic mass is 32.1. The molecule has 3 heterocycles. The molecule has 4 rings (SSSR count). The maximum atomic E-state index is 12.9. The lowest BCUT2D eigenvalue weighted by molar-refractivity contribution is -0.137. The Hall–Kier alpha value is -3.13. The van der Waals surface area contributed by atoms with Crippen molar-refractivity contribution in [3.8, 4) is 16.3 Å². The van der Waals surface area contributed by atoms with E-state index in [0.717, 1.165) is 65.0 Å². The number of rotatable bonds is 9. The SMILES string of the molecule is C=CCCc1c(O)cnc2c1ccn2Cc1sc(-c2ccc(C(F)(F)F)cc2)nc1CCCC. The van der Waals surface area contributed by atoms with Crippen molar-refractivity contribution in [1.82, 2.24) is 14.5 Å². The fourth-order valence-electron chi connectivity index (χ4n) is 3.94. The Morgan fingerprint density at radius 3 is 2.59 bits per heavy atom. The van der Waals surface area contributed by atoms with E-state index in [4.69, 9.17) is 4.98 Å². The topological polar surface area (TPSA) is 50.9 Å². The van der Waals surface area contributed by atoms with Gasteiger partial charge in [0.25, 0.3) is 0 Å². The van der Waals surface area contributed by atoms with Gasteiger partial charge in [-0.1, -0.05) is 31.6 Å². The molecule has 3 aromatic heterocycles. The zero-order chi connectivity index (χ0) is 24.3. The van der Waals surface area contributed by atoms with Crippen molar-refractivity contribution >= 4 is 22.4 Å². The van der Waals surface area contributed by atoms with Gasteiger partial charge in [-0.15, -0.1) is 17.9 Å². The third-order valence-corrected chi connectivity index (χ3v) is 6.93. The number of allylic oxidation sites excluding steroid dienone is 1. The molecule has 34 heavy (non-hydrogen) atoms. The van der Waals surface area contributed by atoms with Gasteiger partial charge in [0.15, 0.2) is 0 Å². The Labute approximate surface area is 200 Å². The van der Waals surface area contributed by atoms with Crippen LogP contribution in [0.5, 0.6) is 5.75 Å². The summed E-state index contributed by atoms with van der Waals surface area (Å²) in [5.41, 5.74) is 2.61. The Balaban J connectivity index is 1.68. The summed E-state index contributed by atoms with van der Waals surface area (Å²) >= 11 is 1.50. The third-order valence-electron chi connectivity index (χ3n) is 5.79. The molecular weight excluding hydrogens is 459 g/mol. The highest BCUT2D eigenvalue weighted by Crippen LogP contribution is 2.34. The first-order chi connectivity index (χ1) is 16.3. The zero-order valence-electron chi connectivity index (χ0n) is 18.9. The van der Waals surface area contributed by atoms with Gasteiger partial charge in [0, 0.05) is 27.6 Å². The molecule has 0 amide bonds. The van der Waals surface area contributed by atoms with Crippen LogP contribution in [0.25, 0.3) is 21.6 Å². The second-order valence-electron chi connectivity index (χ2n) is 8.20. The minimum absolute atomic E-state index is 0.179. The van der Waals surface area contributed by atoms with Gasteiger partial charge in [-0.2, -0.15) is 13.2 Å². The third kappa shape index (κ3) is 5.01. The smallest absolute Gasteiger partial charge is 0.416 e. The van der Waals surface area contributed by atoms with Crippen LogP contribution in [0.4, 0.5) is 13.2 Å². The first-order valence-electron chi connectivity index (χ1n) is 11.2. The minimum Gasteiger partial charge on any atom is -0.506 e. The van der Waals surface area contributed by atoms with Crippen molar-refractivity contribution in [2.24, 2.45) is 0 Å². The van der Waals surface area contributed by atoms with Gasteiger partial charge in [-0.3, -0.25) is 0 Å². The van der Waals surface area contributed by atoms with Crippen LogP contribution in [0.3, 0.4) is 0 Å².